The van der Waals surface area contributed by atoms with E-state index in [1.165, 1.54) is 122 Å². The van der Waals surface area contributed by atoms with Gasteiger partial charge in [0.25, 0.3) is 0 Å². The summed E-state index contributed by atoms with van der Waals surface area (Å²) >= 11 is 0. The highest BCUT2D eigenvalue weighted by Gasteiger charge is 2.23. The number of nitrogens with zero attached hydrogens (tertiary/aromatic N) is 2. The Labute approximate surface area is 329 Å². The van der Waals surface area contributed by atoms with Crippen molar-refractivity contribution < 1.29 is 23.8 Å². The van der Waals surface area contributed by atoms with Crippen LogP contribution in [-0.4, -0.2) is 80.5 Å². The van der Waals surface area contributed by atoms with E-state index in [1.54, 1.807) is 0 Å². The zero-order valence-corrected chi connectivity index (χ0v) is 36.1. The molecule has 1 aliphatic heterocycles. The number of rotatable bonds is 24. The van der Waals surface area contributed by atoms with Crippen molar-refractivity contribution in [2.75, 3.05) is 52.5 Å². The summed E-state index contributed by atoms with van der Waals surface area (Å²) in [6.07, 6.45) is 33.0. The summed E-state index contributed by atoms with van der Waals surface area (Å²) in [5, 5.41) is 0. The Bertz CT molecular complexity index is 826. The van der Waals surface area contributed by atoms with Gasteiger partial charge in [-0.15, -0.1) is 0 Å². The number of esters is 1. The van der Waals surface area contributed by atoms with E-state index in [-0.39, 0.29) is 18.0 Å². The summed E-state index contributed by atoms with van der Waals surface area (Å²) in [5.74, 6) is 0.522. The van der Waals surface area contributed by atoms with Crippen molar-refractivity contribution in [1.29, 1.82) is 0 Å². The van der Waals surface area contributed by atoms with E-state index < -0.39 is 6.16 Å². The number of unbranched alkanes of at least 4 members (excludes halogenated alkanes) is 13. The van der Waals surface area contributed by atoms with E-state index >= 15 is 0 Å². The molecule has 1 rings (SSSR count). The number of likely N-dealkylation sites (N-methyl/N-ethyl adjacent to an activating group) is 2. The van der Waals surface area contributed by atoms with E-state index in [0.29, 0.717) is 25.7 Å². The monoisotopic (exact) mass is 751 g/mol. The molecule has 1 heterocycles. The van der Waals surface area contributed by atoms with Crippen LogP contribution in [0, 0.1) is 11.8 Å². The lowest BCUT2D eigenvalue weighted by molar-refractivity contribution is -0.150. The average Bonchev–Trinajstić information content (AvgIpc) is 3.16. The van der Waals surface area contributed by atoms with Crippen molar-refractivity contribution in [1.82, 2.24) is 9.80 Å². The van der Waals surface area contributed by atoms with E-state index in [1.807, 2.05) is 0 Å². The second-order valence-corrected chi connectivity index (χ2v) is 16.3. The van der Waals surface area contributed by atoms with Crippen molar-refractivity contribution >= 4 is 12.1 Å². The summed E-state index contributed by atoms with van der Waals surface area (Å²) in [7, 11) is 0. The molecule has 7 heteroatoms. The molecule has 0 bridgehead atoms. The number of carbonyl (C=O) groups excluding carboxylic acids is 2. The minimum atomic E-state index is -0.495. The average molecular weight is 751 g/mol. The molecule has 0 aromatic carbocycles. The molecule has 0 aliphatic carbocycles. The first kappa shape index (κ1) is 49.7. The normalized spacial score (nSPS) is 20.6. The molecule has 7 nitrogen and oxygen atoms in total. The lowest BCUT2D eigenvalue weighted by Crippen LogP contribution is -2.38. The third kappa shape index (κ3) is 28.7. The van der Waals surface area contributed by atoms with Crippen LogP contribution in [0.5, 0.6) is 0 Å². The summed E-state index contributed by atoms with van der Waals surface area (Å²) in [4.78, 5) is 31.2. The molecule has 1 fully saturated rings. The summed E-state index contributed by atoms with van der Waals surface area (Å²) in [5.41, 5.74) is 0. The smallest absolute Gasteiger partial charge is 0.465 e. The summed E-state index contributed by atoms with van der Waals surface area (Å²) in [6.45, 7) is 17.5. The molecule has 314 valence electrons. The predicted molar refractivity (Wildman–Crippen MR) is 225 cm³/mol. The standard InChI is InChI=1S/C46H90N2O5/c1-6-11-14-16-17-18-19-20-24-28-33-44-34-29-25-22-21-23-27-32-43(45(49)52-41-42(30-13-8-3)31-26-15-12-7-2)35-36-47(9-4)37-38-48(10-5)39-40-51-46(50)53-44/h42-44H,6-41H2,1-5H3. The van der Waals surface area contributed by atoms with Crippen LogP contribution in [0.2, 0.25) is 0 Å². The van der Waals surface area contributed by atoms with Gasteiger partial charge in [0, 0.05) is 19.6 Å². The topological polar surface area (TPSA) is 68.3 Å². The SMILES string of the molecule is CCCCCCCCCCCCC1CCCCCCCCC(C(=O)OCC(CCCC)CCCCCC)CCN(CC)CCN(CC)CCOC(=O)O1. The fraction of sp³-hybridized carbons (Fsp3) is 0.957. The molecule has 3 unspecified atom stereocenters. The zero-order chi connectivity index (χ0) is 38.6. The van der Waals surface area contributed by atoms with Gasteiger partial charge in [-0.25, -0.2) is 4.79 Å². The van der Waals surface area contributed by atoms with Crippen molar-refractivity contribution in [2.24, 2.45) is 11.8 Å². The lowest BCUT2D eigenvalue weighted by Gasteiger charge is -2.27. The third-order valence-electron chi connectivity index (χ3n) is 11.7. The number of hydrogen-bond acceptors (Lipinski definition) is 7. The van der Waals surface area contributed by atoms with Gasteiger partial charge >= 0.3 is 12.1 Å². The van der Waals surface area contributed by atoms with Crippen LogP contribution in [0.15, 0.2) is 0 Å². The molecule has 0 spiro atoms. The van der Waals surface area contributed by atoms with Crippen LogP contribution in [0.25, 0.3) is 0 Å². The number of ether oxygens (including phenoxy) is 3. The lowest BCUT2D eigenvalue weighted by atomic mass is 9.95. The first-order chi connectivity index (χ1) is 26.0. The summed E-state index contributed by atoms with van der Waals surface area (Å²) in [6, 6.07) is 0. The number of cyclic esters (lactones) is 2. The molecule has 3 atom stereocenters. The van der Waals surface area contributed by atoms with Crippen LogP contribution in [-0.2, 0) is 19.0 Å². The van der Waals surface area contributed by atoms with Gasteiger partial charge in [0.05, 0.1) is 12.5 Å². The second-order valence-electron chi connectivity index (χ2n) is 16.3. The minimum Gasteiger partial charge on any atom is -0.465 e. The molecular weight excluding hydrogens is 661 g/mol. The fourth-order valence-electron chi connectivity index (χ4n) is 7.86. The van der Waals surface area contributed by atoms with E-state index in [9.17, 15) is 9.59 Å². The zero-order valence-electron chi connectivity index (χ0n) is 36.1. The Morgan fingerprint density at radius 1 is 0.623 bits per heavy atom. The molecule has 53 heavy (non-hydrogen) atoms. The maximum Gasteiger partial charge on any atom is 0.508 e. The van der Waals surface area contributed by atoms with Gasteiger partial charge in [-0.1, -0.05) is 163 Å². The molecule has 0 saturated carbocycles. The molecular formula is C46H90N2O5. The Balaban J connectivity index is 2.73. The molecule has 1 saturated heterocycles. The van der Waals surface area contributed by atoms with Crippen LogP contribution >= 0.6 is 0 Å². The van der Waals surface area contributed by atoms with E-state index in [4.69, 9.17) is 14.2 Å². The van der Waals surface area contributed by atoms with Gasteiger partial charge in [-0.3, -0.25) is 9.69 Å². The predicted octanol–water partition coefficient (Wildman–Crippen LogP) is 12.9. The van der Waals surface area contributed by atoms with Crippen LogP contribution in [0.3, 0.4) is 0 Å². The Hall–Kier alpha value is -1.34. The molecule has 0 N–H and O–H groups in total. The van der Waals surface area contributed by atoms with Gasteiger partial charge in [0.2, 0.25) is 0 Å². The largest absolute Gasteiger partial charge is 0.508 e. The second kappa shape index (κ2) is 36.3. The van der Waals surface area contributed by atoms with Gasteiger partial charge in [-0.2, -0.15) is 0 Å². The highest BCUT2D eigenvalue weighted by molar-refractivity contribution is 5.72. The quantitative estimate of drug-likeness (QED) is 0.0718. The molecule has 1 aliphatic rings. The van der Waals surface area contributed by atoms with Gasteiger partial charge in [0.1, 0.15) is 12.7 Å². The molecule has 0 radical (unpaired) electrons. The maximum absolute atomic E-state index is 13.6. The fourth-order valence-corrected chi connectivity index (χ4v) is 7.86. The number of hydrogen-bond donors (Lipinski definition) is 0. The Morgan fingerprint density at radius 3 is 1.77 bits per heavy atom. The molecule has 0 amide bonds. The molecule has 0 aromatic heterocycles. The van der Waals surface area contributed by atoms with Crippen molar-refractivity contribution in [3.63, 3.8) is 0 Å². The Morgan fingerprint density at radius 2 is 1.15 bits per heavy atom. The Kier molecular flexibility index (Phi) is 34.0. The first-order valence-corrected chi connectivity index (χ1v) is 23.4. The first-order valence-electron chi connectivity index (χ1n) is 23.4. The van der Waals surface area contributed by atoms with Crippen molar-refractivity contribution in [3.05, 3.63) is 0 Å². The number of carbonyl (C=O) groups is 2. The molecule has 0 aromatic rings. The van der Waals surface area contributed by atoms with E-state index in [2.05, 4.69) is 44.4 Å². The maximum atomic E-state index is 13.6. The third-order valence-corrected chi connectivity index (χ3v) is 11.7. The van der Waals surface area contributed by atoms with E-state index in [0.717, 1.165) is 90.5 Å². The van der Waals surface area contributed by atoms with Gasteiger partial charge in [-0.05, 0) is 76.9 Å². The van der Waals surface area contributed by atoms with Crippen LogP contribution in [0.1, 0.15) is 214 Å². The van der Waals surface area contributed by atoms with Crippen molar-refractivity contribution in [2.45, 2.75) is 221 Å². The van der Waals surface area contributed by atoms with Crippen molar-refractivity contribution in [3.8, 4) is 0 Å². The van der Waals surface area contributed by atoms with Gasteiger partial charge < -0.3 is 19.1 Å². The minimum absolute atomic E-state index is 0.0181. The van der Waals surface area contributed by atoms with Gasteiger partial charge in [0.15, 0.2) is 0 Å². The summed E-state index contributed by atoms with van der Waals surface area (Å²) < 4.78 is 17.7. The highest BCUT2D eigenvalue weighted by Crippen LogP contribution is 2.23. The van der Waals surface area contributed by atoms with Crippen LogP contribution in [0.4, 0.5) is 4.79 Å². The van der Waals surface area contributed by atoms with Crippen LogP contribution < -0.4 is 0 Å². The highest BCUT2D eigenvalue weighted by atomic mass is 16.7.